The van der Waals surface area contributed by atoms with Crippen LogP contribution in [0.25, 0.3) is 21.8 Å². The molecule has 0 saturated heterocycles. The molecule has 4 aromatic rings. The number of carbonyl (C=O) groups excluding carboxylic acids is 1. The summed E-state index contributed by atoms with van der Waals surface area (Å²) >= 11 is 1.63. The lowest BCUT2D eigenvalue weighted by Gasteiger charge is -2.08. The molecule has 0 saturated carbocycles. The highest BCUT2D eigenvalue weighted by Gasteiger charge is 2.07. The van der Waals surface area contributed by atoms with E-state index in [0.29, 0.717) is 12.3 Å². The fourth-order valence-electron chi connectivity index (χ4n) is 2.95. The summed E-state index contributed by atoms with van der Waals surface area (Å²) in [5, 5.41) is 5.95. The first-order chi connectivity index (χ1) is 14.7. The summed E-state index contributed by atoms with van der Waals surface area (Å²) in [6.45, 7) is 2.48. The van der Waals surface area contributed by atoms with Gasteiger partial charge in [-0.25, -0.2) is 4.98 Å². The fourth-order valence-corrected chi connectivity index (χ4v) is 3.78. The summed E-state index contributed by atoms with van der Waals surface area (Å²) in [6, 6.07) is 25.9. The van der Waals surface area contributed by atoms with Crippen molar-refractivity contribution >= 4 is 17.2 Å². The van der Waals surface area contributed by atoms with Crippen molar-refractivity contribution in [2.24, 2.45) is 0 Å². The second-order valence-corrected chi connectivity index (χ2v) is 7.84. The molecule has 5 heteroatoms. The Balaban J connectivity index is 1.30. The van der Waals surface area contributed by atoms with E-state index in [1.807, 2.05) is 73.7 Å². The fraction of sp³-hybridized carbons (Fsp3) is 0.120. The number of thiazole rings is 1. The highest BCUT2D eigenvalue weighted by Crippen LogP contribution is 2.28. The molecular weight excluding hydrogens is 392 g/mol. The molecule has 30 heavy (non-hydrogen) atoms. The molecule has 1 heterocycles. The van der Waals surface area contributed by atoms with Crippen LogP contribution in [0.1, 0.15) is 11.1 Å². The highest BCUT2D eigenvalue weighted by atomic mass is 32.1. The number of nitrogens with zero attached hydrogens (tertiary/aromatic N) is 1. The quantitative estimate of drug-likeness (QED) is 0.436. The average molecular weight is 415 g/mol. The Kier molecular flexibility index (Phi) is 6.20. The number of hydrogen-bond acceptors (Lipinski definition) is 4. The van der Waals surface area contributed by atoms with Gasteiger partial charge in [0.05, 0.1) is 5.69 Å². The van der Waals surface area contributed by atoms with Crippen LogP contribution in [0.5, 0.6) is 5.75 Å². The predicted molar refractivity (Wildman–Crippen MR) is 122 cm³/mol. The molecule has 3 aromatic carbocycles. The SMILES string of the molecule is Cc1ccc(OCC(=O)NCc2ccc(-c3nc(-c4ccccc4)cs3)cc2)cc1. The zero-order valence-electron chi connectivity index (χ0n) is 16.7. The lowest BCUT2D eigenvalue weighted by molar-refractivity contribution is -0.123. The van der Waals surface area contributed by atoms with Gasteiger partial charge in [0.25, 0.3) is 5.91 Å². The van der Waals surface area contributed by atoms with E-state index < -0.39 is 0 Å². The summed E-state index contributed by atoms with van der Waals surface area (Å²) in [6.07, 6.45) is 0. The van der Waals surface area contributed by atoms with Crippen molar-refractivity contribution in [3.63, 3.8) is 0 Å². The Morgan fingerprint density at radius 3 is 2.40 bits per heavy atom. The van der Waals surface area contributed by atoms with Gasteiger partial charge in [0.1, 0.15) is 10.8 Å². The maximum atomic E-state index is 12.0. The molecule has 4 nitrogen and oxygen atoms in total. The molecule has 0 spiro atoms. The van der Waals surface area contributed by atoms with E-state index in [1.54, 1.807) is 11.3 Å². The summed E-state index contributed by atoms with van der Waals surface area (Å²) in [7, 11) is 0. The van der Waals surface area contributed by atoms with Gasteiger partial charge < -0.3 is 10.1 Å². The average Bonchev–Trinajstić information content (AvgIpc) is 3.29. The van der Waals surface area contributed by atoms with Crippen LogP contribution in [0.3, 0.4) is 0 Å². The van der Waals surface area contributed by atoms with Crippen LogP contribution < -0.4 is 10.1 Å². The predicted octanol–water partition coefficient (Wildman–Crippen LogP) is 5.48. The standard InChI is InChI=1S/C25H22N2O2S/c1-18-7-13-22(14-8-18)29-16-24(28)26-15-19-9-11-21(12-10-19)25-27-23(17-30-25)20-5-3-2-4-6-20/h2-14,17H,15-16H2,1H3,(H,26,28). The van der Waals surface area contributed by atoms with Crippen LogP contribution in [0.2, 0.25) is 0 Å². The smallest absolute Gasteiger partial charge is 0.258 e. The number of carbonyl (C=O) groups is 1. The second-order valence-electron chi connectivity index (χ2n) is 6.98. The van der Waals surface area contributed by atoms with Crippen LogP contribution in [0, 0.1) is 6.92 Å². The highest BCUT2D eigenvalue weighted by molar-refractivity contribution is 7.13. The van der Waals surface area contributed by atoms with E-state index >= 15 is 0 Å². The number of amides is 1. The number of aromatic nitrogens is 1. The van der Waals surface area contributed by atoms with Crippen molar-refractivity contribution in [1.29, 1.82) is 0 Å². The molecule has 0 unspecified atom stereocenters. The third-order valence-electron chi connectivity index (χ3n) is 4.66. The lowest BCUT2D eigenvalue weighted by atomic mass is 10.1. The van der Waals surface area contributed by atoms with Crippen molar-refractivity contribution in [3.8, 4) is 27.6 Å². The monoisotopic (exact) mass is 414 g/mol. The Bertz CT molecular complexity index is 1100. The maximum Gasteiger partial charge on any atom is 0.258 e. The zero-order chi connectivity index (χ0) is 20.8. The van der Waals surface area contributed by atoms with Gasteiger partial charge in [-0.3, -0.25) is 4.79 Å². The van der Waals surface area contributed by atoms with Crippen molar-refractivity contribution in [2.45, 2.75) is 13.5 Å². The van der Waals surface area contributed by atoms with Crippen molar-refractivity contribution in [2.75, 3.05) is 6.61 Å². The van der Waals surface area contributed by atoms with Crippen LogP contribution in [0.15, 0.2) is 84.2 Å². The molecule has 1 N–H and O–H groups in total. The normalized spacial score (nSPS) is 10.6. The lowest BCUT2D eigenvalue weighted by Crippen LogP contribution is -2.28. The molecule has 0 radical (unpaired) electrons. The molecule has 1 aromatic heterocycles. The summed E-state index contributed by atoms with van der Waals surface area (Å²) < 4.78 is 5.51. The van der Waals surface area contributed by atoms with Crippen molar-refractivity contribution in [3.05, 3.63) is 95.4 Å². The molecule has 0 aliphatic carbocycles. The van der Waals surface area contributed by atoms with Gasteiger partial charge in [-0.05, 0) is 24.6 Å². The molecule has 4 rings (SSSR count). The Morgan fingerprint density at radius 2 is 1.67 bits per heavy atom. The third-order valence-corrected chi connectivity index (χ3v) is 5.55. The van der Waals surface area contributed by atoms with E-state index in [4.69, 9.17) is 9.72 Å². The van der Waals surface area contributed by atoms with Gasteiger partial charge in [-0.2, -0.15) is 0 Å². The topological polar surface area (TPSA) is 51.2 Å². The van der Waals surface area contributed by atoms with E-state index in [1.165, 1.54) is 0 Å². The Morgan fingerprint density at radius 1 is 0.933 bits per heavy atom. The summed E-state index contributed by atoms with van der Waals surface area (Å²) in [4.78, 5) is 16.8. The van der Waals surface area contributed by atoms with E-state index in [-0.39, 0.29) is 12.5 Å². The molecule has 0 bridgehead atoms. The Hall–Kier alpha value is -3.44. The van der Waals surface area contributed by atoms with Crippen LogP contribution in [-0.2, 0) is 11.3 Å². The molecule has 1 amide bonds. The minimum atomic E-state index is -0.146. The van der Waals surface area contributed by atoms with Crippen LogP contribution in [0.4, 0.5) is 0 Å². The van der Waals surface area contributed by atoms with Gasteiger partial charge in [0, 0.05) is 23.1 Å². The number of ether oxygens (including phenoxy) is 1. The zero-order valence-corrected chi connectivity index (χ0v) is 17.5. The van der Waals surface area contributed by atoms with E-state index in [2.05, 4.69) is 22.8 Å². The summed E-state index contributed by atoms with van der Waals surface area (Å²) in [5.74, 6) is 0.547. The van der Waals surface area contributed by atoms with Crippen LogP contribution >= 0.6 is 11.3 Å². The van der Waals surface area contributed by atoms with E-state index in [0.717, 1.165) is 33.0 Å². The number of aryl methyl sites for hydroxylation is 1. The van der Waals surface area contributed by atoms with Crippen LogP contribution in [-0.4, -0.2) is 17.5 Å². The minimum absolute atomic E-state index is 0.00250. The van der Waals surface area contributed by atoms with Gasteiger partial charge in [0.2, 0.25) is 0 Å². The van der Waals surface area contributed by atoms with Gasteiger partial charge >= 0.3 is 0 Å². The molecule has 150 valence electrons. The number of benzene rings is 3. The van der Waals surface area contributed by atoms with Crippen molar-refractivity contribution in [1.82, 2.24) is 10.3 Å². The largest absolute Gasteiger partial charge is 0.484 e. The first kappa shape index (κ1) is 19.9. The summed E-state index contributed by atoms with van der Waals surface area (Å²) in [5.41, 5.74) is 5.36. The number of nitrogens with one attached hydrogen (secondary N) is 1. The van der Waals surface area contributed by atoms with E-state index in [9.17, 15) is 4.79 Å². The minimum Gasteiger partial charge on any atom is -0.484 e. The van der Waals surface area contributed by atoms with Gasteiger partial charge in [0.15, 0.2) is 6.61 Å². The molecule has 0 fully saturated rings. The number of rotatable bonds is 7. The van der Waals surface area contributed by atoms with Gasteiger partial charge in [-0.15, -0.1) is 11.3 Å². The third kappa shape index (κ3) is 5.13. The molecular formula is C25H22N2O2S. The first-order valence-corrected chi connectivity index (χ1v) is 10.6. The first-order valence-electron chi connectivity index (χ1n) is 9.74. The Labute approximate surface area is 180 Å². The van der Waals surface area contributed by atoms with Crippen molar-refractivity contribution < 1.29 is 9.53 Å². The molecule has 0 atom stereocenters. The van der Waals surface area contributed by atoms with Gasteiger partial charge in [-0.1, -0.05) is 72.3 Å². The second kappa shape index (κ2) is 9.37. The molecule has 0 aliphatic rings. The number of hydrogen-bond donors (Lipinski definition) is 1. The molecule has 0 aliphatic heterocycles. The maximum absolute atomic E-state index is 12.0.